The molecule has 0 bridgehead atoms. The van der Waals surface area contributed by atoms with E-state index in [1.165, 1.54) is 0 Å². The van der Waals surface area contributed by atoms with Crippen molar-refractivity contribution in [3.63, 3.8) is 0 Å². The van der Waals surface area contributed by atoms with Gasteiger partial charge in [0.2, 0.25) is 0 Å². The topological polar surface area (TPSA) is 35.2 Å². The number of aryl methyl sites for hydroxylation is 1. The molecule has 0 heterocycles. The quantitative estimate of drug-likeness (QED) is 0.886. The summed E-state index contributed by atoms with van der Waals surface area (Å²) >= 11 is 6.15. The Labute approximate surface area is 109 Å². The van der Waals surface area contributed by atoms with Gasteiger partial charge in [0.1, 0.15) is 11.4 Å². The van der Waals surface area contributed by atoms with Gasteiger partial charge in [-0.2, -0.15) is 0 Å². The molecule has 0 aromatic heterocycles. The number of benzene rings is 1. The van der Waals surface area contributed by atoms with Gasteiger partial charge in [-0.25, -0.2) is 0 Å². The van der Waals surface area contributed by atoms with E-state index in [2.05, 4.69) is 13.8 Å². The number of ether oxygens (including phenoxy) is 1. The standard InChI is InChI=1S/C14H22ClNO/c1-9(2)11-7-12(15)10(3)6-13(11)17-14(4,5)8-16/h6-7,9H,8,16H2,1-5H3. The van der Waals surface area contributed by atoms with E-state index < -0.39 is 0 Å². The van der Waals surface area contributed by atoms with Gasteiger partial charge in [-0.3, -0.25) is 0 Å². The third kappa shape index (κ3) is 3.62. The second kappa shape index (κ2) is 5.28. The Morgan fingerprint density at radius 2 is 1.94 bits per heavy atom. The first-order valence-corrected chi connectivity index (χ1v) is 6.34. The Bertz CT molecular complexity index is 399. The molecule has 0 amide bonds. The van der Waals surface area contributed by atoms with Crippen LogP contribution in [0.25, 0.3) is 0 Å². The van der Waals surface area contributed by atoms with Crippen LogP contribution in [0.15, 0.2) is 12.1 Å². The number of rotatable bonds is 4. The minimum absolute atomic E-state index is 0.357. The van der Waals surface area contributed by atoms with Crippen molar-refractivity contribution in [3.8, 4) is 5.75 Å². The van der Waals surface area contributed by atoms with E-state index in [4.69, 9.17) is 22.1 Å². The number of hydrogen-bond acceptors (Lipinski definition) is 2. The molecule has 0 aliphatic carbocycles. The Morgan fingerprint density at radius 1 is 1.35 bits per heavy atom. The monoisotopic (exact) mass is 255 g/mol. The molecule has 0 unspecified atom stereocenters. The molecule has 1 rings (SSSR count). The number of nitrogens with two attached hydrogens (primary N) is 1. The summed E-state index contributed by atoms with van der Waals surface area (Å²) in [5.74, 6) is 1.26. The molecule has 2 N–H and O–H groups in total. The molecule has 96 valence electrons. The molecule has 0 radical (unpaired) electrons. The van der Waals surface area contributed by atoms with Crippen LogP contribution >= 0.6 is 11.6 Å². The van der Waals surface area contributed by atoms with Gasteiger partial charge in [0, 0.05) is 11.6 Å². The largest absolute Gasteiger partial charge is 0.486 e. The van der Waals surface area contributed by atoms with Crippen LogP contribution in [0, 0.1) is 6.92 Å². The zero-order chi connectivity index (χ0) is 13.2. The number of hydrogen-bond donors (Lipinski definition) is 1. The molecule has 17 heavy (non-hydrogen) atoms. The van der Waals surface area contributed by atoms with Crippen LogP contribution in [-0.4, -0.2) is 12.1 Å². The van der Waals surface area contributed by atoms with Crippen molar-refractivity contribution in [2.45, 2.75) is 46.1 Å². The van der Waals surface area contributed by atoms with Crippen molar-refractivity contribution >= 4 is 11.6 Å². The molecule has 0 atom stereocenters. The molecular weight excluding hydrogens is 234 g/mol. The molecule has 0 aliphatic heterocycles. The average molecular weight is 256 g/mol. The van der Waals surface area contributed by atoms with E-state index in [-0.39, 0.29) is 5.60 Å². The van der Waals surface area contributed by atoms with E-state index in [0.717, 1.165) is 21.9 Å². The van der Waals surface area contributed by atoms with Gasteiger partial charge in [0.25, 0.3) is 0 Å². The van der Waals surface area contributed by atoms with E-state index in [1.807, 2.05) is 32.9 Å². The Morgan fingerprint density at radius 3 is 2.41 bits per heavy atom. The fourth-order valence-electron chi connectivity index (χ4n) is 1.55. The number of halogens is 1. The summed E-state index contributed by atoms with van der Waals surface area (Å²) in [6, 6.07) is 3.98. The summed E-state index contributed by atoms with van der Waals surface area (Å²) in [6.45, 7) is 10.7. The van der Waals surface area contributed by atoms with Gasteiger partial charge in [-0.1, -0.05) is 25.4 Å². The van der Waals surface area contributed by atoms with Crippen molar-refractivity contribution in [1.29, 1.82) is 0 Å². The lowest BCUT2D eigenvalue weighted by molar-refractivity contribution is 0.117. The minimum Gasteiger partial charge on any atom is -0.486 e. The predicted molar refractivity (Wildman–Crippen MR) is 74.0 cm³/mol. The van der Waals surface area contributed by atoms with Crippen LogP contribution in [0.1, 0.15) is 44.7 Å². The first kappa shape index (κ1) is 14.3. The third-order valence-corrected chi connectivity index (χ3v) is 3.20. The van der Waals surface area contributed by atoms with Gasteiger partial charge in [0.15, 0.2) is 0 Å². The summed E-state index contributed by atoms with van der Waals surface area (Å²) in [4.78, 5) is 0. The zero-order valence-corrected chi connectivity index (χ0v) is 12.1. The molecule has 0 fully saturated rings. The van der Waals surface area contributed by atoms with Crippen molar-refractivity contribution in [2.75, 3.05) is 6.54 Å². The normalized spacial score (nSPS) is 12.0. The molecule has 1 aromatic carbocycles. The third-order valence-electron chi connectivity index (χ3n) is 2.79. The maximum Gasteiger partial charge on any atom is 0.124 e. The van der Waals surface area contributed by atoms with Crippen LogP contribution in [0.4, 0.5) is 0 Å². The van der Waals surface area contributed by atoms with Crippen LogP contribution in [0.3, 0.4) is 0 Å². The molecule has 3 heteroatoms. The summed E-state index contributed by atoms with van der Waals surface area (Å²) < 4.78 is 6.00. The maximum atomic E-state index is 6.15. The highest BCUT2D eigenvalue weighted by molar-refractivity contribution is 6.31. The summed E-state index contributed by atoms with van der Waals surface area (Å²) in [5.41, 5.74) is 7.49. The van der Waals surface area contributed by atoms with E-state index in [9.17, 15) is 0 Å². The van der Waals surface area contributed by atoms with Crippen LogP contribution in [0.5, 0.6) is 5.75 Å². The lowest BCUT2D eigenvalue weighted by atomic mass is 10.00. The van der Waals surface area contributed by atoms with Crippen molar-refractivity contribution in [3.05, 3.63) is 28.3 Å². The van der Waals surface area contributed by atoms with E-state index >= 15 is 0 Å². The summed E-state index contributed by atoms with van der Waals surface area (Å²) in [6.07, 6.45) is 0. The summed E-state index contributed by atoms with van der Waals surface area (Å²) in [7, 11) is 0. The van der Waals surface area contributed by atoms with Crippen molar-refractivity contribution in [1.82, 2.24) is 0 Å². The molecule has 0 saturated carbocycles. The Balaban J connectivity index is 3.17. The molecule has 0 saturated heterocycles. The van der Waals surface area contributed by atoms with Crippen LogP contribution in [-0.2, 0) is 0 Å². The fourth-order valence-corrected chi connectivity index (χ4v) is 1.72. The molecule has 0 aliphatic rings. The highest BCUT2D eigenvalue weighted by Gasteiger charge is 2.20. The Kier molecular flexibility index (Phi) is 4.45. The lowest BCUT2D eigenvalue weighted by Gasteiger charge is -2.27. The smallest absolute Gasteiger partial charge is 0.124 e. The van der Waals surface area contributed by atoms with Gasteiger partial charge >= 0.3 is 0 Å². The van der Waals surface area contributed by atoms with E-state index in [0.29, 0.717) is 12.5 Å². The van der Waals surface area contributed by atoms with Gasteiger partial charge < -0.3 is 10.5 Å². The zero-order valence-electron chi connectivity index (χ0n) is 11.3. The molecule has 2 nitrogen and oxygen atoms in total. The highest BCUT2D eigenvalue weighted by Crippen LogP contribution is 2.33. The predicted octanol–water partition coefficient (Wildman–Crippen LogP) is 3.89. The summed E-state index contributed by atoms with van der Waals surface area (Å²) in [5, 5.41) is 0.784. The van der Waals surface area contributed by atoms with Gasteiger partial charge in [-0.15, -0.1) is 0 Å². The fraction of sp³-hybridized carbons (Fsp3) is 0.571. The first-order valence-electron chi connectivity index (χ1n) is 5.96. The highest BCUT2D eigenvalue weighted by atomic mass is 35.5. The van der Waals surface area contributed by atoms with Crippen LogP contribution < -0.4 is 10.5 Å². The molecular formula is C14H22ClNO. The average Bonchev–Trinajstić information content (AvgIpc) is 2.22. The van der Waals surface area contributed by atoms with Gasteiger partial charge in [-0.05, 0) is 49.9 Å². The molecule has 1 aromatic rings. The van der Waals surface area contributed by atoms with Crippen molar-refractivity contribution in [2.24, 2.45) is 5.73 Å². The second-order valence-electron chi connectivity index (χ2n) is 5.36. The van der Waals surface area contributed by atoms with Crippen molar-refractivity contribution < 1.29 is 4.74 Å². The first-order chi connectivity index (χ1) is 7.76. The van der Waals surface area contributed by atoms with Crippen LogP contribution in [0.2, 0.25) is 5.02 Å². The maximum absolute atomic E-state index is 6.15. The van der Waals surface area contributed by atoms with Gasteiger partial charge in [0.05, 0.1) is 0 Å². The second-order valence-corrected chi connectivity index (χ2v) is 5.77. The van der Waals surface area contributed by atoms with E-state index in [1.54, 1.807) is 0 Å². The SMILES string of the molecule is Cc1cc(OC(C)(C)CN)c(C(C)C)cc1Cl. The Hall–Kier alpha value is -0.730. The lowest BCUT2D eigenvalue weighted by Crippen LogP contribution is -2.37. The molecule has 0 spiro atoms. The minimum atomic E-state index is -0.357.